The monoisotopic (exact) mass is 210 g/mol. The number of hydrogen-bond acceptors (Lipinski definition) is 1. The first-order chi connectivity index (χ1) is 6.62. The topological polar surface area (TPSA) is 17.1 Å². The molecule has 0 bridgehead atoms. The highest BCUT2D eigenvalue weighted by atomic mass is 16.1. The van der Waals surface area contributed by atoms with Crippen LogP contribution in [0.1, 0.15) is 60.8 Å². The van der Waals surface area contributed by atoms with Crippen molar-refractivity contribution in [2.75, 3.05) is 0 Å². The summed E-state index contributed by atoms with van der Waals surface area (Å²) in [4.78, 5) is 11.9. The summed E-state index contributed by atoms with van der Waals surface area (Å²) in [5.41, 5.74) is 0.491. The van der Waals surface area contributed by atoms with Crippen LogP contribution in [0.15, 0.2) is 0 Å². The lowest BCUT2D eigenvalue weighted by molar-refractivity contribution is -0.130. The predicted molar refractivity (Wildman–Crippen MR) is 64.7 cm³/mol. The van der Waals surface area contributed by atoms with Gasteiger partial charge in [-0.1, -0.05) is 41.5 Å². The average molecular weight is 210 g/mol. The fraction of sp³-hybridized carbons (Fsp3) is 0.929. The first kappa shape index (κ1) is 12.7. The van der Waals surface area contributed by atoms with Crippen molar-refractivity contribution in [2.45, 2.75) is 60.8 Å². The summed E-state index contributed by atoms with van der Waals surface area (Å²) in [5.74, 6) is 1.47. The van der Waals surface area contributed by atoms with Gasteiger partial charge < -0.3 is 0 Å². The molecule has 0 aromatic carbocycles. The lowest BCUT2D eigenvalue weighted by Crippen LogP contribution is -2.38. The maximum Gasteiger partial charge on any atom is 0.136 e. The van der Waals surface area contributed by atoms with Crippen LogP contribution in [0.25, 0.3) is 0 Å². The Morgan fingerprint density at radius 2 is 1.53 bits per heavy atom. The molecule has 0 saturated heterocycles. The van der Waals surface area contributed by atoms with Crippen LogP contribution in [0.4, 0.5) is 0 Å². The van der Waals surface area contributed by atoms with E-state index in [9.17, 15) is 4.79 Å². The van der Waals surface area contributed by atoms with Crippen LogP contribution in [-0.4, -0.2) is 5.78 Å². The van der Waals surface area contributed by atoms with Gasteiger partial charge in [0.1, 0.15) is 5.78 Å². The fourth-order valence-electron chi connectivity index (χ4n) is 2.65. The second-order valence-electron chi connectivity index (χ2n) is 7.22. The lowest BCUT2D eigenvalue weighted by Gasteiger charge is -2.41. The summed E-state index contributed by atoms with van der Waals surface area (Å²) in [6.45, 7) is 13.5. The molecule has 1 aliphatic rings. The van der Waals surface area contributed by atoms with Crippen molar-refractivity contribution in [3.05, 3.63) is 0 Å². The molecule has 1 heteroatoms. The minimum Gasteiger partial charge on any atom is -0.299 e. The molecule has 0 N–H and O–H groups in total. The molecule has 0 radical (unpaired) electrons. The van der Waals surface area contributed by atoms with E-state index >= 15 is 0 Å². The molecule has 1 fully saturated rings. The fourth-order valence-corrected chi connectivity index (χ4v) is 2.65. The smallest absolute Gasteiger partial charge is 0.136 e. The van der Waals surface area contributed by atoms with Crippen molar-refractivity contribution in [2.24, 2.45) is 22.7 Å². The summed E-state index contributed by atoms with van der Waals surface area (Å²) in [6.07, 6.45) is 2.98. The Balaban J connectivity index is 2.78. The third-order valence-corrected chi connectivity index (χ3v) is 3.92. The highest BCUT2D eigenvalue weighted by molar-refractivity contribution is 5.82. The molecule has 0 aromatic heterocycles. The van der Waals surface area contributed by atoms with Gasteiger partial charge in [-0.05, 0) is 29.6 Å². The van der Waals surface area contributed by atoms with Crippen LogP contribution in [-0.2, 0) is 4.79 Å². The van der Waals surface area contributed by atoms with Crippen molar-refractivity contribution in [3.8, 4) is 0 Å². The van der Waals surface area contributed by atoms with Crippen LogP contribution in [0, 0.1) is 22.7 Å². The van der Waals surface area contributed by atoms with Gasteiger partial charge in [-0.15, -0.1) is 0 Å². The third-order valence-electron chi connectivity index (χ3n) is 3.92. The molecule has 1 rings (SSSR count). The van der Waals surface area contributed by atoms with Crippen molar-refractivity contribution < 1.29 is 4.79 Å². The zero-order chi connectivity index (χ0) is 11.9. The second kappa shape index (κ2) is 3.92. The molecule has 0 aliphatic heterocycles. The molecule has 2 unspecified atom stereocenters. The number of hydrogen-bond donors (Lipinski definition) is 0. The summed E-state index contributed by atoms with van der Waals surface area (Å²) >= 11 is 0. The standard InChI is InChI=1S/C14H26O/c1-13(2,3)10-7-8-12(15)11(9-10)14(4,5)6/h10-11H,7-9H2,1-6H3. The first-order valence-electron chi connectivity index (χ1n) is 6.15. The predicted octanol–water partition coefficient (Wildman–Crippen LogP) is 4.06. The Labute approximate surface area is 94.6 Å². The summed E-state index contributed by atoms with van der Waals surface area (Å²) in [6, 6.07) is 0. The van der Waals surface area contributed by atoms with E-state index in [1.165, 1.54) is 0 Å². The van der Waals surface area contributed by atoms with Crippen LogP contribution >= 0.6 is 0 Å². The summed E-state index contributed by atoms with van der Waals surface area (Å²) in [7, 11) is 0. The van der Waals surface area contributed by atoms with Gasteiger partial charge in [0.05, 0.1) is 0 Å². The minimum atomic E-state index is 0.140. The maximum atomic E-state index is 11.9. The van der Waals surface area contributed by atoms with Gasteiger partial charge in [-0.3, -0.25) is 4.79 Å². The largest absolute Gasteiger partial charge is 0.299 e. The van der Waals surface area contributed by atoms with E-state index in [-0.39, 0.29) is 11.3 Å². The van der Waals surface area contributed by atoms with Gasteiger partial charge in [-0.2, -0.15) is 0 Å². The van der Waals surface area contributed by atoms with E-state index in [4.69, 9.17) is 0 Å². The molecular weight excluding hydrogens is 184 g/mol. The quantitative estimate of drug-likeness (QED) is 0.589. The Hall–Kier alpha value is -0.330. The Bertz CT molecular complexity index is 239. The van der Waals surface area contributed by atoms with E-state index in [1.807, 2.05) is 0 Å². The van der Waals surface area contributed by atoms with Gasteiger partial charge in [0.25, 0.3) is 0 Å². The van der Waals surface area contributed by atoms with Crippen LogP contribution in [0.3, 0.4) is 0 Å². The molecule has 1 aliphatic carbocycles. The van der Waals surface area contributed by atoms with Crippen LogP contribution in [0.5, 0.6) is 0 Å². The zero-order valence-electron chi connectivity index (χ0n) is 11.2. The zero-order valence-corrected chi connectivity index (χ0v) is 11.2. The van der Waals surface area contributed by atoms with Crippen molar-refractivity contribution >= 4 is 5.78 Å². The Kier molecular flexibility index (Phi) is 3.33. The van der Waals surface area contributed by atoms with Crippen molar-refractivity contribution in [1.29, 1.82) is 0 Å². The SMILES string of the molecule is CC(C)(C)C1CCC(=O)C(C(C)(C)C)C1. The molecule has 0 heterocycles. The Morgan fingerprint density at radius 3 is 1.93 bits per heavy atom. The van der Waals surface area contributed by atoms with E-state index in [1.54, 1.807) is 0 Å². The molecule has 0 aromatic rings. The third kappa shape index (κ3) is 3.06. The number of carbonyl (C=O) groups is 1. The van der Waals surface area contributed by atoms with Gasteiger partial charge in [0.15, 0.2) is 0 Å². The molecule has 2 atom stereocenters. The normalized spacial score (nSPS) is 29.3. The molecule has 88 valence electrons. The highest BCUT2D eigenvalue weighted by Gasteiger charge is 2.39. The summed E-state index contributed by atoms with van der Waals surface area (Å²) < 4.78 is 0. The molecule has 1 saturated carbocycles. The molecule has 0 spiro atoms. The number of ketones is 1. The number of rotatable bonds is 0. The second-order valence-corrected chi connectivity index (χ2v) is 7.22. The van der Waals surface area contributed by atoms with Crippen molar-refractivity contribution in [1.82, 2.24) is 0 Å². The van der Waals surface area contributed by atoms with Crippen LogP contribution < -0.4 is 0 Å². The van der Waals surface area contributed by atoms with Gasteiger partial charge in [0.2, 0.25) is 0 Å². The Morgan fingerprint density at radius 1 is 1.00 bits per heavy atom. The first-order valence-corrected chi connectivity index (χ1v) is 6.15. The average Bonchev–Trinajstić information content (AvgIpc) is 2.00. The van der Waals surface area contributed by atoms with Crippen molar-refractivity contribution in [3.63, 3.8) is 0 Å². The van der Waals surface area contributed by atoms with Gasteiger partial charge >= 0.3 is 0 Å². The lowest BCUT2D eigenvalue weighted by atomic mass is 9.63. The molecule has 0 amide bonds. The van der Waals surface area contributed by atoms with Crippen LogP contribution in [0.2, 0.25) is 0 Å². The van der Waals surface area contributed by atoms with E-state index in [0.717, 1.165) is 19.3 Å². The highest BCUT2D eigenvalue weighted by Crippen LogP contribution is 2.44. The minimum absolute atomic E-state index is 0.140. The number of carbonyl (C=O) groups excluding carboxylic acids is 1. The number of Topliss-reactive ketones (excluding diaryl/α,β-unsaturated/α-hetero) is 1. The molecule has 15 heavy (non-hydrogen) atoms. The maximum absolute atomic E-state index is 11.9. The van der Waals surface area contributed by atoms with E-state index < -0.39 is 0 Å². The van der Waals surface area contributed by atoms with Gasteiger partial charge in [0, 0.05) is 12.3 Å². The van der Waals surface area contributed by atoms with Gasteiger partial charge in [-0.25, -0.2) is 0 Å². The molecule has 1 nitrogen and oxygen atoms in total. The molecular formula is C14H26O. The summed E-state index contributed by atoms with van der Waals surface area (Å²) in [5, 5.41) is 0. The van der Waals surface area contributed by atoms with E-state index in [2.05, 4.69) is 41.5 Å². The van der Waals surface area contributed by atoms with E-state index in [0.29, 0.717) is 17.1 Å².